The number of benzene rings is 2. The first-order valence-corrected chi connectivity index (χ1v) is 7.12. The van der Waals surface area contributed by atoms with Crippen LogP contribution in [0.1, 0.15) is 10.4 Å². The third kappa shape index (κ3) is 3.08. The topological polar surface area (TPSA) is 66.6 Å². The number of carbonyl (C=O) groups is 1. The fourth-order valence-electron chi connectivity index (χ4n) is 2.22. The Morgan fingerprint density at radius 3 is 2.17 bits per heavy atom. The molecular formula is C18H16N2O3. The Morgan fingerprint density at radius 2 is 1.61 bits per heavy atom. The van der Waals surface area contributed by atoms with Crippen molar-refractivity contribution in [3.8, 4) is 22.8 Å². The first kappa shape index (κ1) is 14.8. The van der Waals surface area contributed by atoms with Crippen LogP contribution in [0.3, 0.4) is 0 Å². The number of rotatable bonds is 4. The van der Waals surface area contributed by atoms with Gasteiger partial charge in [0.15, 0.2) is 5.76 Å². The number of anilines is 1. The van der Waals surface area contributed by atoms with Crippen molar-refractivity contribution >= 4 is 11.7 Å². The van der Waals surface area contributed by atoms with E-state index >= 15 is 0 Å². The molecule has 5 heteroatoms. The molecule has 0 atom stereocenters. The summed E-state index contributed by atoms with van der Waals surface area (Å²) in [6.07, 6.45) is 1.64. The second-order valence-corrected chi connectivity index (χ2v) is 5.35. The summed E-state index contributed by atoms with van der Waals surface area (Å²) in [4.78, 5) is 17.2. The van der Waals surface area contributed by atoms with E-state index in [2.05, 4.69) is 4.98 Å². The largest absolute Gasteiger partial charge is 0.478 e. The Labute approximate surface area is 133 Å². The molecular weight excluding hydrogens is 292 g/mol. The van der Waals surface area contributed by atoms with Crippen molar-refractivity contribution in [1.82, 2.24) is 4.98 Å². The summed E-state index contributed by atoms with van der Waals surface area (Å²) in [5.41, 5.74) is 3.03. The van der Waals surface area contributed by atoms with E-state index in [1.807, 2.05) is 43.3 Å². The molecule has 1 heterocycles. The van der Waals surface area contributed by atoms with Crippen molar-refractivity contribution in [1.29, 1.82) is 0 Å². The molecule has 0 amide bonds. The van der Waals surface area contributed by atoms with Gasteiger partial charge in [-0.25, -0.2) is 9.78 Å². The number of carboxylic acids is 1. The summed E-state index contributed by atoms with van der Waals surface area (Å²) in [5.74, 6) is 0.192. The Balaban J connectivity index is 1.86. The van der Waals surface area contributed by atoms with E-state index in [1.54, 1.807) is 30.5 Å². The third-order valence-corrected chi connectivity index (χ3v) is 3.55. The predicted molar refractivity (Wildman–Crippen MR) is 88.7 cm³/mol. The molecule has 0 aliphatic heterocycles. The van der Waals surface area contributed by atoms with Crippen LogP contribution < -0.4 is 4.90 Å². The zero-order valence-electron chi connectivity index (χ0n) is 12.9. The molecule has 0 saturated heterocycles. The van der Waals surface area contributed by atoms with Gasteiger partial charge in [-0.15, -0.1) is 0 Å². The van der Waals surface area contributed by atoms with Gasteiger partial charge in [-0.1, -0.05) is 12.1 Å². The minimum atomic E-state index is -0.948. The Morgan fingerprint density at radius 1 is 1.00 bits per heavy atom. The van der Waals surface area contributed by atoms with E-state index in [0.717, 1.165) is 16.8 Å². The van der Waals surface area contributed by atoms with Gasteiger partial charge in [0.25, 0.3) is 0 Å². The fraction of sp³-hybridized carbons (Fsp3) is 0.111. The molecule has 1 N–H and O–H groups in total. The van der Waals surface area contributed by atoms with Crippen molar-refractivity contribution in [3.63, 3.8) is 0 Å². The zero-order valence-corrected chi connectivity index (χ0v) is 12.9. The van der Waals surface area contributed by atoms with Gasteiger partial charge in [0.1, 0.15) is 0 Å². The molecule has 0 bridgehead atoms. The van der Waals surface area contributed by atoms with Crippen LogP contribution in [-0.4, -0.2) is 30.2 Å². The minimum absolute atomic E-state index is 0.243. The number of hydrogen-bond acceptors (Lipinski definition) is 4. The van der Waals surface area contributed by atoms with E-state index in [0.29, 0.717) is 11.7 Å². The highest BCUT2D eigenvalue weighted by atomic mass is 16.4. The molecule has 1 aromatic heterocycles. The molecule has 0 spiro atoms. The van der Waals surface area contributed by atoms with Crippen molar-refractivity contribution in [3.05, 3.63) is 60.3 Å². The molecule has 3 aromatic rings. The summed E-state index contributed by atoms with van der Waals surface area (Å²) in [5, 5.41) is 8.92. The average Bonchev–Trinajstić information content (AvgIpc) is 3.05. The van der Waals surface area contributed by atoms with Crippen LogP contribution in [0, 0.1) is 0 Å². The molecule has 116 valence electrons. The van der Waals surface area contributed by atoms with Crippen LogP contribution in [0.25, 0.3) is 22.8 Å². The highest BCUT2D eigenvalue weighted by Crippen LogP contribution is 2.27. The fourth-order valence-corrected chi connectivity index (χ4v) is 2.22. The van der Waals surface area contributed by atoms with Gasteiger partial charge in [-0.2, -0.15) is 0 Å². The molecule has 5 nitrogen and oxygen atoms in total. The summed E-state index contributed by atoms with van der Waals surface area (Å²) in [7, 11) is 3.97. The van der Waals surface area contributed by atoms with E-state index < -0.39 is 5.97 Å². The van der Waals surface area contributed by atoms with Crippen LogP contribution in [0.5, 0.6) is 0 Å². The number of aromatic nitrogens is 1. The lowest BCUT2D eigenvalue weighted by atomic mass is 10.1. The molecule has 0 aliphatic rings. The molecule has 0 fully saturated rings. The van der Waals surface area contributed by atoms with Gasteiger partial charge < -0.3 is 14.4 Å². The molecule has 2 aromatic carbocycles. The van der Waals surface area contributed by atoms with Crippen LogP contribution >= 0.6 is 0 Å². The van der Waals surface area contributed by atoms with Crippen LogP contribution in [0.15, 0.2) is 59.1 Å². The average molecular weight is 308 g/mol. The minimum Gasteiger partial charge on any atom is -0.478 e. The predicted octanol–water partition coefficient (Wildman–Crippen LogP) is 3.77. The second-order valence-electron chi connectivity index (χ2n) is 5.35. The SMILES string of the molecule is CN(C)c1ccc(-c2ncc(-c3ccc(C(=O)O)cc3)o2)cc1. The Bertz CT molecular complexity index is 818. The zero-order chi connectivity index (χ0) is 16.4. The quantitative estimate of drug-likeness (QED) is 0.794. The summed E-state index contributed by atoms with van der Waals surface area (Å²) >= 11 is 0. The smallest absolute Gasteiger partial charge is 0.335 e. The van der Waals surface area contributed by atoms with Crippen molar-refractivity contribution in [2.45, 2.75) is 0 Å². The van der Waals surface area contributed by atoms with E-state index in [4.69, 9.17) is 9.52 Å². The number of nitrogens with zero attached hydrogens (tertiary/aromatic N) is 2. The number of carboxylic acid groups (broad SMARTS) is 1. The van der Waals surface area contributed by atoms with E-state index in [9.17, 15) is 4.79 Å². The number of oxazole rings is 1. The summed E-state index contributed by atoms with van der Waals surface area (Å²) < 4.78 is 5.78. The van der Waals surface area contributed by atoms with Crippen molar-refractivity contribution in [2.75, 3.05) is 19.0 Å². The molecule has 0 radical (unpaired) electrons. The summed E-state index contributed by atoms with van der Waals surface area (Å²) in [6.45, 7) is 0. The van der Waals surface area contributed by atoms with Gasteiger partial charge in [0.2, 0.25) is 5.89 Å². The van der Waals surface area contributed by atoms with Crippen molar-refractivity contribution in [2.24, 2.45) is 0 Å². The maximum Gasteiger partial charge on any atom is 0.335 e. The molecule has 0 aliphatic carbocycles. The van der Waals surface area contributed by atoms with Crippen LogP contribution in [0.2, 0.25) is 0 Å². The first-order valence-electron chi connectivity index (χ1n) is 7.12. The Kier molecular flexibility index (Phi) is 3.85. The van der Waals surface area contributed by atoms with Gasteiger partial charge >= 0.3 is 5.97 Å². The van der Waals surface area contributed by atoms with Gasteiger partial charge in [-0.3, -0.25) is 0 Å². The molecule has 0 unspecified atom stereocenters. The lowest BCUT2D eigenvalue weighted by Gasteiger charge is -2.11. The third-order valence-electron chi connectivity index (χ3n) is 3.55. The maximum atomic E-state index is 10.9. The van der Waals surface area contributed by atoms with Crippen LogP contribution in [0.4, 0.5) is 5.69 Å². The standard InChI is InChI=1S/C18H16N2O3/c1-20(2)15-9-7-13(8-10-15)17-19-11-16(23-17)12-3-5-14(6-4-12)18(21)22/h3-11H,1-2H3,(H,21,22). The Hall–Kier alpha value is -3.08. The van der Waals surface area contributed by atoms with Gasteiger partial charge in [0, 0.05) is 30.9 Å². The lowest BCUT2D eigenvalue weighted by Crippen LogP contribution is -2.07. The van der Waals surface area contributed by atoms with E-state index in [-0.39, 0.29) is 5.56 Å². The monoisotopic (exact) mass is 308 g/mol. The lowest BCUT2D eigenvalue weighted by molar-refractivity contribution is 0.0697. The van der Waals surface area contributed by atoms with Crippen molar-refractivity contribution < 1.29 is 14.3 Å². The molecule has 23 heavy (non-hydrogen) atoms. The highest BCUT2D eigenvalue weighted by Gasteiger charge is 2.10. The number of aromatic carboxylic acids is 1. The van der Waals surface area contributed by atoms with Gasteiger partial charge in [0.05, 0.1) is 11.8 Å². The number of hydrogen-bond donors (Lipinski definition) is 1. The maximum absolute atomic E-state index is 10.9. The summed E-state index contributed by atoms with van der Waals surface area (Å²) in [6, 6.07) is 14.4. The first-order chi connectivity index (χ1) is 11.0. The van der Waals surface area contributed by atoms with E-state index in [1.165, 1.54) is 0 Å². The molecule has 0 saturated carbocycles. The second kappa shape index (κ2) is 5.96. The highest BCUT2D eigenvalue weighted by molar-refractivity contribution is 5.88. The normalized spacial score (nSPS) is 10.5. The van der Waals surface area contributed by atoms with Gasteiger partial charge in [-0.05, 0) is 36.4 Å². The van der Waals surface area contributed by atoms with Crippen LogP contribution in [-0.2, 0) is 0 Å². The molecule has 3 rings (SSSR count).